The number of rotatable bonds is 4. The Balaban J connectivity index is 2.35. The number of pyridine rings is 1. The second-order valence-electron chi connectivity index (χ2n) is 3.90. The van der Waals surface area contributed by atoms with Crippen LogP contribution in [-0.2, 0) is 10.0 Å². The zero-order chi connectivity index (χ0) is 14.8. The molecule has 0 atom stereocenters. The van der Waals surface area contributed by atoms with E-state index in [1.807, 2.05) is 0 Å². The van der Waals surface area contributed by atoms with E-state index >= 15 is 0 Å². The zero-order valence-corrected chi connectivity index (χ0v) is 12.9. The van der Waals surface area contributed by atoms with Gasteiger partial charge in [0, 0.05) is 22.8 Å². The van der Waals surface area contributed by atoms with Gasteiger partial charge < -0.3 is 10.5 Å². The highest BCUT2D eigenvalue weighted by atomic mass is 79.9. The van der Waals surface area contributed by atoms with Gasteiger partial charge >= 0.3 is 0 Å². The molecule has 6 nitrogen and oxygen atoms in total. The van der Waals surface area contributed by atoms with Crippen molar-refractivity contribution in [2.45, 2.75) is 4.90 Å². The number of hydrogen-bond acceptors (Lipinski definition) is 5. The quantitative estimate of drug-likeness (QED) is 0.874. The summed E-state index contributed by atoms with van der Waals surface area (Å²) in [5.74, 6) is 0.672. The van der Waals surface area contributed by atoms with E-state index in [1.165, 1.54) is 25.4 Å². The van der Waals surface area contributed by atoms with Crippen LogP contribution in [0.2, 0.25) is 0 Å². The van der Waals surface area contributed by atoms with E-state index < -0.39 is 10.0 Å². The number of anilines is 2. The second kappa shape index (κ2) is 5.68. The number of aromatic nitrogens is 1. The lowest BCUT2D eigenvalue weighted by molar-refractivity contribution is 0.415. The van der Waals surface area contributed by atoms with Crippen molar-refractivity contribution in [3.05, 3.63) is 41.0 Å². The molecule has 0 fully saturated rings. The minimum atomic E-state index is -3.72. The van der Waals surface area contributed by atoms with Crippen LogP contribution < -0.4 is 15.2 Å². The van der Waals surface area contributed by atoms with Crippen LogP contribution in [-0.4, -0.2) is 20.5 Å². The molecule has 2 aromatic rings. The highest BCUT2D eigenvalue weighted by Crippen LogP contribution is 2.26. The summed E-state index contributed by atoms with van der Waals surface area (Å²) in [5, 5.41) is 0. The van der Waals surface area contributed by atoms with Crippen molar-refractivity contribution in [2.24, 2.45) is 0 Å². The monoisotopic (exact) mass is 357 g/mol. The van der Waals surface area contributed by atoms with Crippen molar-refractivity contribution < 1.29 is 13.2 Å². The smallest absolute Gasteiger partial charge is 0.262 e. The van der Waals surface area contributed by atoms with E-state index in [0.29, 0.717) is 15.9 Å². The van der Waals surface area contributed by atoms with E-state index in [4.69, 9.17) is 10.5 Å². The number of hydrogen-bond donors (Lipinski definition) is 2. The van der Waals surface area contributed by atoms with Crippen molar-refractivity contribution in [1.82, 2.24) is 4.98 Å². The third-order valence-corrected chi connectivity index (χ3v) is 4.26. The summed E-state index contributed by atoms with van der Waals surface area (Å²) >= 11 is 3.28. The first kappa shape index (κ1) is 14.6. The van der Waals surface area contributed by atoms with Gasteiger partial charge in [-0.1, -0.05) is 15.9 Å². The van der Waals surface area contributed by atoms with E-state index in [1.54, 1.807) is 18.2 Å². The molecule has 20 heavy (non-hydrogen) atoms. The topological polar surface area (TPSA) is 94.3 Å². The average Bonchev–Trinajstić information content (AvgIpc) is 2.37. The van der Waals surface area contributed by atoms with Gasteiger partial charge in [-0.15, -0.1) is 0 Å². The maximum Gasteiger partial charge on any atom is 0.262 e. The first-order valence-corrected chi connectivity index (χ1v) is 7.77. The Labute approximate surface area is 125 Å². The third kappa shape index (κ3) is 3.40. The summed E-state index contributed by atoms with van der Waals surface area (Å²) in [6.07, 6.45) is 1.34. The molecular weight excluding hydrogens is 346 g/mol. The molecule has 2 rings (SSSR count). The number of nitrogen functional groups attached to an aromatic ring is 1. The van der Waals surface area contributed by atoms with Gasteiger partial charge in [0.1, 0.15) is 11.6 Å². The van der Waals surface area contributed by atoms with Gasteiger partial charge in [-0.05, 0) is 18.2 Å². The molecular formula is C12H12BrN3O3S. The van der Waals surface area contributed by atoms with E-state index in [2.05, 4.69) is 25.6 Å². The van der Waals surface area contributed by atoms with Crippen LogP contribution in [0.5, 0.6) is 5.75 Å². The normalized spacial score (nSPS) is 11.1. The lowest BCUT2D eigenvalue weighted by atomic mass is 10.3. The summed E-state index contributed by atoms with van der Waals surface area (Å²) in [6, 6.07) is 7.59. The van der Waals surface area contributed by atoms with Crippen molar-refractivity contribution in [3.63, 3.8) is 0 Å². The van der Waals surface area contributed by atoms with Gasteiger partial charge in [0.05, 0.1) is 17.7 Å². The van der Waals surface area contributed by atoms with E-state index in [0.717, 1.165) is 0 Å². The minimum Gasteiger partial charge on any atom is -0.497 e. The van der Waals surface area contributed by atoms with Crippen LogP contribution in [0, 0.1) is 0 Å². The van der Waals surface area contributed by atoms with Crippen molar-refractivity contribution in [1.29, 1.82) is 0 Å². The summed E-state index contributed by atoms with van der Waals surface area (Å²) in [7, 11) is -2.22. The molecule has 0 unspecified atom stereocenters. The predicted molar refractivity (Wildman–Crippen MR) is 80.2 cm³/mol. The Morgan fingerprint density at radius 1 is 1.30 bits per heavy atom. The fourth-order valence-corrected chi connectivity index (χ4v) is 3.08. The molecule has 0 aliphatic carbocycles. The highest BCUT2D eigenvalue weighted by Gasteiger charge is 2.15. The van der Waals surface area contributed by atoms with Crippen LogP contribution in [0.15, 0.2) is 45.9 Å². The van der Waals surface area contributed by atoms with Gasteiger partial charge in [0.15, 0.2) is 0 Å². The third-order valence-electron chi connectivity index (χ3n) is 2.42. The second-order valence-corrected chi connectivity index (χ2v) is 6.50. The standard InChI is InChI=1S/C12H12BrN3O3S/c1-19-10-5-8(13)4-9(6-10)16-20(17,18)11-2-3-15-12(14)7-11/h2-7,16H,1H3,(H2,14,15). The number of methoxy groups -OCH3 is 1. The Hall–Kier alpha value is -1.80. The van der Waals surface area contributed by atoms with Crippen LogP contribution in [0.4, 0.5) is 11.5 Å². The van der Waals surface area contributed by atoms with Gasteiger partial charge in [-0.25, -0.2) is 13.4 Å². The Morgan fingerprint density at radius 3 is 2.70 bits per heavy atom. The van der Waals surface area contributed by atoms with Crippen LogP contribution >= 0.6 is 15.9 Å². The molecule has 0 aliphatic rings. The van der Waals surface area contributed by atoms with Crippen LogP contribution in [0.3, 0.4) is 0 Å². The molecule has 8 heteroatoms. The zero-order valence-electron chi connectivity index (χ0n) is 10.5. The fourth-order valence-electron chi connectivity index (χ4n) is 1.55. The summed E-state index contributed by atoms with van der Waals surface area (Å²) in [6.45, 7) is 0. The molecule has 1 aromatic carbocycles. The maximum absolute atomic E-state index is 12.2. The number of nitrogens with two attached hydrogens (primary N) is 1. The van der Waals surface area contributed by atoms with Gasteiger partial charge in [-0.2, -0.15) is 0 Å². The number of nitrogens with zero attached hydrogens (tertiary/aromatic N) is 1. The van der Waals surface area contributed by atoms with Crippen LogP contribution in [0.25, 0.3) is 0 Å². The van der Waals surface area contributed by atoms with E-state index in [9.17, 15) is 8.42 Å². The van der Waals surface area contributed by atoms with E-state index in [-0.39, 0.29) is 10.7 Å². The Morgan fingerprint density at radius 2 is 2.05 bits per heavy atom. The first-order valence-electron chi connectivity index (χ1n) is 5.49. The van der Waals surface area contributed by atoms with Crippen molar-refractivity contribution in [2.75, 3.05) is 17.6 Å². The molecule has 1 aromatic heterocycles. The maximum atomic E-state index is 12.2. The lowest BCUT2D eigenvalue weighted by Gasteiger charge is -2.10. The number of ether oxygens (including phenoxy) is 1. The number of halogens is 1. The summed E-state index contributed by atoms with van der Waals surface area (Å²) in [4.78, 5) is 3.81. The number of benzene rings is 1. The molecule has 0 amide bonds. The molecule has 106 valence electrons. The molecule has 0 saturated heterocycles. The molecule has 1 heterocycles. The lowest BCUT2D eigenvalue weighted by Crippen LogP contribution is -2.13. The van der Waals surface area contributed by atoms with Gasteiger partial charge in [0.25, 0.3) is 10.0 Å². The van der Waals surface area contributed by atoms with Crippen LogP contribution in [0.1, 0.15) is 0 Å². The van der Waals surface area contributed by atoms with Crippen molar-refractivity contribution >= 4 is 37.5 Å². The summed E-state index contributed by atoms with van der Waals surface area (Å²) in [5.41, 5.74) is 5.87. The summed E-state index contributed by atoms with van der Waals surface area (Å²) < 4.78 is 32.7. The highest BCUT2D eigenvalue weighted by molar-refractivity contribution is 9.10. The molecule has 0 bridgehead atoms. The molecule has 0 spiro atoms. The first-order chi connectivity index (χ1) is 9.40. The molecule has 0 radical (unpaired) electrons. The SMILES string of the molecule is COc1cc(Br)cc(NS(=O)(=O)c2ccnc(N)c2)c1. The predicted octanol–water partition coefficient (Wildman–Crippen LogP) is 2.24. The van der Waals surface area contributed by atoms with Gasteiger partial charge in [0.2, 0.25) is 0 Å². The molecule has 0 saturated carbocycles. The number of nitrogens with one attached hydrogen (secondary N) is 1. The molecule has 3 N–H and O–H groups in total. The fraction of sp³-hybridized carbons (Fsp3) is 0.0833. The Kier molecular flexibility index (Phi) is 4.15. The number of sulfonamides is 1. The minimum absolute atomic E-state index is 0.0453. The van der Waals surface area contributed by atoms with Gasteiger partial charge in [-0.3, -0.25) is 4.72 Å². The van der Waals surface area contributed by atoms with Crippen molar-refractivity contribution in [3.8, 4) is 5.75 Å². The Bertz CT molecular complexity index is 734. The average molecular weight is 358 g/mol. The largest absolute Gasteiger partial charge is 0.497 e. The molecule has 0 aliphatic heterocycles.